The highest BCUT2D eigenvalue weighted by Gasteiger charge is 2.08. The Kier molecular flexibility index (Phi) is 7.18. The molecular weight excluding hydrogens is 352 g/mol. The highest BCUT2D eigenvalue weighted by atomic mass is 16.5. The van der Waals surface area contributed by atoms with Crippen LogP contribution in [0.2, 0.25) is 0 Å². The van der Waals surface area contributed by atoms with Crippen LogP contribution in [0, 0.1) is 0 Å². The highest BCUT2D eigenvalue weighted by Crippen LogP contribution is 2.27. The minimum Gasteiger partial charge on any atom is -0.493 e. The lowest BCUT2D eigenvalue weighted by molar-refractivity contribution is -0.139. The van der Waals surface area contributed by atoms with Crippen LogP contribution in [0.15, 0.2) is 47.6 Å². The predicted octanol–water partition coefficient (Wildman–Crippen LogP) is 1.86. The van der Waals surface area contributed by atoms with Gasteiger partial charge in [-0.2, -0.15) is 5.10 Å². The van der Waals surface area contributed by atoms with E-state index in [1.807, 2.05) is 0 Å². The third kappa shape index (κ3) is 6.03. The molecule has 2 aromatic rings. The molecule has 0 aliphatic heterocycles. The minimum atomic E-state index is -1.08. The quantitative estimate of drug-likeness (QED) is 0.514. The lowest BCUT2D eigenvalue weighted by atomic mass is 10.1. The van der Waals surface area contributed by atoms with Crippen LogP contribution in [-0.2, 0) is 16.0 Å². The zero-order valence-corrected chi connectivity index (χ0v) is 15.0. The van der Waals surface area contributed by atoms with Crippen LogP contribution in [0.1, 0.15) is 11.1 Å². The van der Waals surface area contributed by atoms with Crippen molar-refractivity contribution in [2.45, 2.75) is 6.42 Å². The average molecular weight is 372 g/mol. The third-order valence-corrected chi connectivity index (χ3v) is 3.48. The molecule has 0 saturated carbocycles. The van der Waals surface area contributed by atoms with Crippen LogP contribution in [-0.4, -0.2) is 44.0 Å². The molecule has 0 aromatic heterocycles. The lowest BCUT2D eigenvalue weighted by Gasteiger charge is -2.09. The van der Waals surface area contributed by atoms with Crippen molar-refractivity contribution < 1.29 is 28.9 Å². The van der Waals surface area contributed by atoms with Gasteiger partial charge in [-0.25, -0.2) is 10.2 Å². The van der Waals surface area contributed by atoms with Crippen molar-refractivity contribution in [2.75, 3.05) is 20.8 Å². The van der Waals surface area contributed by atoms with Crippen LogP contribution in [0.3, 0.4) is 0 Å². The number of rotatable bonds is 9. The van der Waals surface area contributed by atoms with Crippen molar-refractivity contribution >= 4 is 18.1 Å². The zero-order valence-electron chi connectivity index (χ0n) is 15.0. The number of carbonyl (C=O) groups excluding carboxylic acids is 1. The van der Waals surface area contributed by atoms with Gasteiger partial charge in [0.2, 0.25) is 5.91 Å². The van der Waals surface area contributed by atoms with Crippen LogP contribution >= 0.6 is 0 Å². The number of carboxylic acids is 1. The lowest BCUT2D eigenvalue weighted by Crippen LogP contribution is -2.20. The monoisotopic (exact) mass is 372 g/mol. The topological polar surface area (TPSA) is 106 Å². The number of carbonyl (C=O) groups is 2. The summed E-state index contributed by atoms with van der Waals surface area (Å²) in [4.78, 5) is 22.7. The molecule has 2 rings (SSSR count). The molecule has 2 N–H and O–H groups in total. The van der Waals surface area contributed by atoms with Gasteiger partial charge in [0.05, 0.1) is 26.9 Å². The van der Waals surface area contributed by atoms with Gasteiger partial charge in [-0.15, -0.1) is 0 Å². The number of hydrogen-bond donors (Lipinski definition) is 2. The number of carboxylic acid groups (broad SMARTS) is 1. The van der Waals surface area contributed by atoms with Crippen molar-refractivity contribution in [3.8, 4) is 17.2 Å². The number of amides is 1. The Morgan fingerprint density at radius 1 is 1.07 bits per heavy atom. The molecule has 0 bridgehead atoms. The fourth-order valence-corrected chi connectivity index (χ4v) is 2.25. The van der Waals surface area contributed by atoms with Gasteiger partial charge in [0.15, 0.2) is 18.1 Å². The van der Waals surface area contributed by atoms with Gasteiger partial charge in [0.1, 0.15) is 5.75 Å². The summed E-state index contributed by atoms with van der Waals surface area (Å²) in [6.07, 6.45) is 1.50. The van der Waals surface area contributed by atoms with Crippen LogP contribution in [0.4, 0.5) is 0 Å². The summed E-state index contributed by atoms with van der Waals surface area (Å²) >= 11 is 0. The van der Waals surface area contributed by atoms with Gasteiger partial charge in [-0.1, -0.05) is 18.2 Å². The van der Waals surface area contributed by atoms with E-state index < -0.39 is 12.6 Å². The highest BCUT2D eigenvalue weighted by molar-refractivity contribution is 5.86. The summed E-state index contributed by atoms with van der Waals surface area (Å²) in [6.45, 7) is -0.462. The number of nitrogens with one attached hydrogen (secondary N) is 1. The number of nitrogens with zero attached hydrogens (tertiary/aromatic N) is 1. The predicted molar refractivity (Wildman–Crippen MR) is 98.6 cm³/mol. The Morgan fingerprint density at radius 3 is 2.52 bits per heavy atom. The number of benzene rings is 2. The number of ether oxygens (including phenoxy) is 3. The second-order valence-corrected chi connectivity index (χ2v) is 5.38. The van der Waals surface area contributed by atoms with E-state index in [1.54, 1.807) is 42.5 Å². The van der Waals surface area contributed by atoms with Crippen molar-refractivity contribution in [1.29, 1.82) is 0 Å². The Bertz CT molecular complexity index is 835. The van der Waals surface area contributed by atoms with Gasteiger partial charge in [0.25, 0.3) is 0 Å². The Morgan fingerprint density at radius 2 is 1.81 bits per heavy atom. The molecule has 8 heteroatoms. The summed E-state index contributed by atoms with van der Waals surface area (Å²) in [7, 11) is 3.06. The molecule has 2 aromatic carbocycles. The van der Waals surface area contributed by atoms with E-state index in [4.69, 9.17) is 19.3 Å². The Labute approximate surface area is 156 Å². The fourth-order valence-electron chi connectivity index (χ4n) is 2.25. The van der Waals surface area contributed by atoms with Crippen molar-refractivity contribution in [1.82, 2.24) is 5.43 Å². The third-order valence-electron chi connectivity index (χ3n) is 3.48. The van der Waals surface area contributed by atoms with Crippen molar-refractivity contribution in [2.24, 2.45) is 5.10 Å². The number of para-hydroxylation sites is 1. The average Bonchev–Trinajstić information content (AvgIpc) is 2.67. The molecule has 0 atom stereocenters. The summed E-state index contributed by atoms with van der Waals surface area (Å²) in [5.74, 6) is 0.0821. The molecule has 142 valence electrons. The molecule has 0 radical (unpaired) electrons. The number of methoxy groups -OCH3 is 2. The normalized spacial score (nSPS) is 10.4. The SMILES string of the molecule is COc1ccc(CC(=O)NN=Cc2ccccc2OCC(=O)O)cc1OC. The van der Waals surface area contributed by atoms with E-state index in [0.29, 0.717) is 22.8 Å². The van der Waals surface area contributed by atoms with Gasteiger partial charge in [-0.3, -0.25) is 4.79 Å². The summed E-state index contributed by atoms with van der Waals surface area (Å²) < 4.78 is 15.5. The summed E-state index contributed by atoms with van der Waals surface area (Å²) in [5.41, 5.74) is 3.71. The summed E-state index contributed by atoms with van der Waals surface area (Å²) in [5, 5.41) is 12.6. The first-order valence-corrected chi connectivity index (χ1v) is 8.00. The fraction of sp³-hybridized carbons (Fsp3) is 0.211. The molecule has 0 spiro atoms. The molecule has 27 heavy (non-hydrogen) atoms. The smallest absolute Gasteiger partial charge is 0.341 e. The summed E-state index contributed by atoms with van der Waals surface area (Å²) in [6, 6.07) is 12.0. The van der Waals surface area contributed by atoms with Crippen LogP contribution in [0.5, 0.6) is 17.2 Å². The van der Waals surface area contributed by atoms with Crippen LogP contribution in [0.25, 0.3) is 0 Å². The molecule has 1 amide bonds. The molecule has 0 saturated heterocycles. The Hall–Kier alpha value is -3.55. The second kappa shape index (κ2) is 9.81. The molecule has 0 fully saturated rings. The number of hydrazone groups is 1. The number of hydrogen-bond acceptors (Lipinski definition) is 6. The van der Waals surface area contributed by atoms with E-state index in [9.17, 15) is 9.59 Å². The van der Waals surface area contributed by atoms with Gasteiger partial charge >= 0.3 is 5.97 Å². The van der Waals surface area contributed by atoms with E-state index >= 15 is 0 Å². The van der Waals surface area contributed by atoms with E-state index in [-0.39, 0.29) is 12.3 Å². The first kappa shape index (κ1) is 19.8. The van der Waals surface area contributed by atoms with E-state index in [0.717, 1.165) is 5.56 Å². The van der Waals surface area contributed by atoms with Gasteiger partial charge in [0, 0.05) is 5.56 Å². The maximum absolute atomic E-state index is 12.1. The number of aliphatic carboxylic acids is 1. The minimum absolute atomic E-state index is 0.106. The van der Waals surface area contributed by atoms with E-state index in [1.165, 1.54) is 20.4 Å². The van der Waals surface area contributed by atoms with Gasteiger partial charge < -0.3 is 19.3 Å². The maximum atomic E-state index is 12.1. The molecule has 0 unspecified atom stereocenters. The first-order valence-electron chi connectivity index (χ1n) is 8.00. The molecule has 8 nitrogen and oxygen atoms in total. The van der Waals surface area contributed by atoms with Crippen LogP contribution < -0.4 is 19.6 Å². The molecule has 0 aliphatic rings. The second-order valence-electron chi connectivity index (χ2n) is 5.38. The zero-order chi connectivity index (χ0) is 19.6. The Balaban J connectivity index is 1.97. The van der Waals surface area contributed by atoms with Crippen molar-refractivity contribution in [3.05, 3.63) is 53.6 Å². The first-order chi connectivity index (χ1) is 13.0. The largest absolute Gasteiger partial charge is 0.493 e. The van der Waals surface area contributed by atoms with Gasteiger partial charge in [-0.05, 0) is 29.8 Å². The standard InChI is InChI=1S/C19H20N2O6/c1-25-16-8-7-13(9-17(16)26-2)10-18(22)21-20-11-14-5-3-4-6-15(14)27-12-19(23)24/h3-9,11H,10,12H2,1-2H3,(H,21,22)(H,23,24). The van der Waals surface area contributed by atoms with Crippen molar-refractivity contribution in [3.63, 3.8) is 0 Å². The maximum Gasteiger partial charge on any atom is 0.341 e. The molecular formula is C19H20N2O6. The molecule has 0 heterocycles. The molecule has 0 aliphatic carbocycles. The van der Waals surface area contributed by atoms with E-state index in [2.05, 4.69) is 10.5 Å².